The number of nitrogens with one attached hydrogen (secondary N) is 3. The third kappa shape index (κ3) is 8.27. The van der Waals surface area contributed by atoms with Gasteiger partial charge in [0.1, 0.15) is 0 Å². The second-order valence-electron chi connectivity index (χ2n) is 8.15. The third-order valence-corrected chi connectivity index (χ3v) is 5.86. The van der Waals surface area contributed by atoms with Gasteiger partial charge >= 0.3 is 17.9 Å². The van der Waals surface area contributed by atoms with Crippen LogP contribution in [-0.2, 0) is 23.9 Å². The summed E-state index contributed by atoms with van der Waals surface area (Å²) in [7, 11) is 0. The van der Waals surface area contributed by atoms with Gasteiger partial charge < -0.3 is 19.9 Å². The Bertz CT molecular complexity index is 1500. The van der Waals surface area contributed by atoms with Crippen molar-refractivity contribution >= 4 is 64.5 Å². The van der Waals surface area contributed by atoms with E-state index in [1.54, 1.807) is 0 Å². The lowest BCUT2D eigenvalue weighted by atomic mass is 10.1. The van der Waals surface area contributed by atoms with E-state index >= 15 is 0 Å². The number of benzene rings is 3. The van der Waals surface area contributed by atoms with Crippen LogP contribution in [0.25, 0.3) is 0 Å². The molecule has 12 nitrogen and oxygen atoms in total. The van der Waals surface area contributed by atoms with Crippen LogP contribution in [0.1, 0.15) is 38.0 Å². The van der Waals surface area contributed by atoms with Crippen LogP contribution in [0, 0.1) is 0 Å². The molecule has 41 heavy (non-hydrogen) atoms. The van der Waals surface area contributed by atoms with E-state index in [1.165, 1.54) is 79.7 Å². The van der Waals surface area contributed by atoms with Gasteiger partial charge in [-0.05, 0) is 48.5 Å². The quantitative estimate of drug-likeness (QED) is 0.212. The standard InChI is InChI=1S/C27H21Cl2N3O9/c1-14(33)30-16-12-10-15(11-13-16)23(34)31-32-24(35)21(40-26(38)17-6-2-4-8-19(17)28)22(25(36)37)41-27(39)18-7-3-5-9-20(18)29/h2-13,21-22H,1H3,(H,30,33)(H,31,34)(H,32,35)(H,36,37)/t21-,22+/m0/s1. The van der Waals surface area contributed by atoms with Crippen molar-refractivity contribution < 1.29 is 43.3 Å². The van der Waals surface area contributed by atoms with Crippen LogP contribution in [0.2, 0.25) is 10.0 Å². The maximum atomic E-state index is 13.1. The first kappa shape index (κ1) is 30.6. The zero-order valence-corrected chi connectivity index (χ0v) is 22.6. The first-order chi connectivity index (χ1) is 19.5. The summed E-state index contributed by atoms with van der Waals surface area (Å²) in [6, 6.07) is 16.7. The van der Waals surface area contributed by atoms with Crippen molar-refractivity contribution in [3.63, 3.8) is 0 Å². The number of amides is 3. The highest BCUT2D eigenvalue weighted by Gasteiger charge is 2.41. The number of halogens is 2. The topological polar surface area (TPSA) is 177 Å². The summed E-state index contributed by atoms with van der Waals surface area (Å²) in [6.07, 6.45) is -4.68. The van der Waals surface area contributed by atoms with Crippen molar-refractivity contribution in [1.82, 2.24) is 10.9 Å². The fourth-order valence-electron chi connectivity index (χ4n) is 3.28. The largest absolute Gasteiger partial charge is 0.478 e. The number of carbonyl (C=O) groups is 6. The molecule has 0 aliphatic rings. The summed E-state index contributed by atoms with van der Waals surface area (Å²) in [5.74, 6) is -6.81. The number of rotatable bonds is 9. The molecule has 3 amide bonds. The summed E-state index contributed by atoms with van der Waals surface area (Å²) in [4.78, 5) is 74.4. The number of anilines is 1. The summed E-state index contributed by atoms with van der Waals surface area (Å²) < 4.78 is 10.2. The second-order valence-corrected chi connectivity index (χ2v) is 8.97. The Kier molecular flexibility index (Phi) is 10.4. The summed E-state index contributed by atoms with van der Waals surface area (Å²) >= 11 is 12.0. The zero-order valence-electron chi connectivity index (χ0n) is 21.1. The van der Waals surface area contributed by atoms with Crippen LogP contribution < -0.4 is 16.2 Å². The van der Waals surface area contributed by atoms with Gasteiger partial charge in [-0.25, -0.2) is 14.4 Å². The molecule has 0 aliphatic carbocycles. The molecule has 0 fully saturated rings. The van der Waals surface area contributed by atoms with Crippen molar-refractivity contribution in [2.75, 3.05) is 5.32 Å². The lowest BCUT2D eigenvalue weighted by Crippen LogP contribution is -2.54. The summed E-state index contributed by atoms with van der Waals surface area (Å²) in [6.45, 7) is 1.31. The van der Waals surface area contributed by atoms with E-state index in [1.807, 2.05) is 5.43 Å². The van der Waals surface area contributed by atoms with Crippen molar-refractivity contribution in [3.8, 4) is 0 Å². The monoisotopic (exact) mass is 601 g/mol. The van der Waals surface area contributed by atoms with E-state index in [4.69, 9.17) is 32.7 Å². The van der Waals surface area contributed by atoms with Gasteiger partial charge in [0.2, 0.25) is 18.1 Å². The molecule has 3 aromatic rings. The number of carboxylic acid groups (broad SMARTS) is 1. The molecule has 0 unspecified atom stereocenters. The summed E-state index contributed by atoms with van der Waals surface area (Å²) in [5.41, 5.74) is 4.04. The van der Waals surface area contributed by atoms with Gasteiger partial charge in [-0.1, -0.05) is 47.5 Å². The molecule has 3 aromatic carbocycles. The van der Waals surface area contributed by atoms with Crippen LogP contribution in [0.3, 0.4) is 0 Å². The van der Waals surface area contributed by atoms with Gasteiger partial charge in [0.15, 0.2) is 0 Å². The lowest BCUT2D eigenvalue weighted by molar-refractivity contribution is -0.159. The molecule has 14 heteroatoms. The second kappa shape index (κ2) is 13.9. The fraction of sp³-hybridized carbons (Fsp3) is 0.111. The van der Waals surface area contributed by atoms with E-state index in [9.17, 15) is 33.9 Å². The Balaban J connectivity index is 1.84. The summed E-state index contributed by atoms with van der Waals surface area (Å²) in [5, 5.41) is 12.2. The SMILES string of the molecule is CC(=O)Nc1ccc(C(=O)NNC(=O)[C@@H](OC(=O)c2ccccc2Cl)[C@@H](OC(=O)c2ccccc2Cl)C(=O)O)cc1. The number of hydrazine groups is 1. The molecule has 0 saturated carbocycles. The lowest BCUT2D eigenvalue weighted by Gasteiger charge is -2.24. The first-order valence-corrected chi connectivity index (χ1v) is 12.3. The number of hydrogen-bond acceptors (Lipinski definition) is 8. The van der Waals surface area contributed by atoms with Gasteiger partial charge in [0.25, 0.3) is 11.8 Å². The molecule has 4 N–H and O–H groups in total. The van der Waals surface area contributed by atoms with Crippen LogP contribution in [0.15, 0.2) is 72.8 Å². The number of carbonyl (C=O) groups excluding carboxylic acids is 5. The molecule has 0 heterocycles. The van der Waals surface area contributed by atoms with E-state index in [0.717, 1.165) is 0 Å². The number of carboxylic acids is 1. The average molecular weight is 602 g/mol. The van der Waals surface area contributed by atoms with Crippen LogP contribution in [0.4, 0.5) is 5.69 Å². The van der Waals surface area contributed by atoms with Gasteiger partial charge in [-0.15, -0.1) is 0 Å². The third-order valence-electron chi connectivity index (χ3n) is 5.20. The number of ether oxygens (including phenoxy) is 2. The van der Waals surface area contributed by atoms with Crippen molar-refractivity contribution in [2.45, 2.75) is 19.1 Å². The highest BCUT2D eigenvalue weighted by Crippen LogP contribution is 2.21. The number of esters is 2. The minimum Gasteiger partial charge on any atom is -0.478 e. The van der Waals surface area contributed by atoms with Crippen LogP contribution in [-0.4, -0.2) is 52.9 Å². The van der Waals surface area contributed by atoms with Gasteiger partial charge in [-0.3, -0.25) is 25.2 Å². The molecule has 0 spiro atoms. The predicted octanol–water partition coefficient (Wildman–Crippen LogP) is 3.25. The highest BCUT2D eigenvalue weighted by atomic mass is 35.5. The van der Waals surface area contributed by atoms with Crippen molar-refractivity contribution in [2.24, 2.45) is 0 Å². The Morgan fingerprint density at radius 1 is 0.707 bits per heavy atom. The predicted molar refractivity (Wildman–Crippen MR) is 145 cm³/mol. The smallest absolute Gasteiger partial charge is 0.349 e. The Morgan fingerprint density at radius 3 is 1.66 bits per heavy atom. The molecule has 0 aromatic heterocycles. The van der Waals surface area contributed by atoms with E-state index < -0.39 is 41.9 Å². The number of aliphatic carboxylic acids is 1. The Labute approximate surface area is 242 Å². The maximum Gasteiger partial charge on any atom is 0.349 e. The molecule has 212 valence electrons. The van der Waals surface area contributed by atoms with E-state index in [2.05, 4.69) is 10.7 Å². The maximum absolute atomic E-state index is 13.1. The average Bonchev–Trinajstić information content (AvgIpc) is 2.93. The normalized spacial score (nSPS) is 11.8. The first-order valence-electron chi connectivity index (χ1n) is 11.6. The van der Waals surface area contributed by atoms with Crippen molar-refractivity contribution in [1.29, 1.82) is 0 Å². The molecule has 0 radical (unpaired) electrons. The van der Waals surface area contributed by atoms with Crippen molar-refractivity contribution in [3.05, 3.63) is 99.5 Å². The fourth-order valence-corrected chi connectivity index (χ4v) is 3.70. The van der Waals surface area contributed by atoms with Crippen LogP contribution in [0.5, 0.6) is 0 Å². The molecular formula is C27H21Cl2N3O9. The number of hydrogen-bond donors (Lipinski definition) is 4. The molecule has 0 bridgehead atoms. The van der Waals surface area contributed by atoms with Gasteiger partial charge in [-0.2, -0.15) is 0 Å². The highest BCUT2D eigenvalue weighted by molar-refractivity contribution is 6.34. The Hall–Kier alpha value is -4.94. The molecule has 3 rings (SSSR count). The zero-order chi connectivity index (χ0) is 30.1. The van der Waals surface area contributed by atoms with E-state index in [0.29, 0.717) is 5.69 Å². The molecular weight excluding hydrogens is 581 g/mol. The minimum absolute atomic E-state index is 0.0453. The Morgan fingerprint density at radius 2 is 1.20 bits per heavy atom. The van der Waals surface area contributed by atoms with Crippen LogP contribution >= 0.6 is 23.2 Å². The minimum atomic E-state index is -2.38. The van der Waals surface area contributed by atoms with E-state index in [-0.39, 0.29) is 32.6 Å². The molecule has 2 atom stereocenters. The molecule has 0 aliphatic heterocycles. The van der Waals surface area contributed by atoms with Gasteiger partial charge in [0.05, 0.1) is 21.2 Å². The molecule has 0 saturated heterocycles. The van der Waals surface area contributed by atoms with Gasteiger partial charge in [0, 0.05) is 18.2 Å².